The largest absolute Gasteiger partial charge is 0.348 e. The van der Waals surface area contributed by atoms with Crippen molar-refractivity contribution in [2.24, 2.45) is 5.92 Å². The van der Waals surface area contributed by atoms with Gasteiger partial charge in [0.15, 0.2) is 5.13 Å². The van der Waals surface area contributed by atoms with E-state index in [2.05, 4.69) is 31.0 Å². The molecule has 0 bridgehead atoms. The maximum absolute atomic E-state index is 4.79. The Morgan fingerprint density at radius 3 is 3.00 bits per heavy atom. The Labute approximate surface area is 121 Å². The van der Waals surface area contributed by atoms with E-state index < -0.39 is 0 Å². The maximum atomic E-state index is 4.79. The second kappa shape index (κ2) is 7.25. The van der Waals surface area contributed by atoms with Crippen molar-refractivity contribution in [3.8, 4) is 0 Å². The third-order valence-electron chi connectivity index (χ3n) is 3.96. The summed E-state index contributed by atoms with van der Waals surface area (Å²) < 4.78 is 0. The van der Waals surface area contributed by atoms with Crippen LogP contribution in [-0.4, -0.2) is 24.6 Å². The topological polar surface area (TPSA) is 28.2 Å². The molecular formula is C15H27N3S. The van der Waals surface area contributed by atoms with Gasteiger partial charge in [0.2, 0.25) is 0 Å². The van der Waals surface area contributed by atoms with Crippen molar-refractivity contribution in [3.63, 3.8) is 0 Å². The minimum atomic E-state index is 0.861. The fourth-order valence-corrected chi connectivity index (χ4v) is 3.73. The molecule has 0 saturated carbocycles. The highest BCUT2D eigenvalue weighted by Gasteiger charge is 2.21. The smallest absolute Gasteiger partial charge is 0.185 e. The first kappa shape index (κ1) is 14.8. The summed E-state index contributed by atoms with van der Waals surface area (Å²) in [7, 11) is 0. The van der Waals surface area contributed by atoms with Crippen LogP contribution in [0, 0.1) is 12.8 Å². The van der Waals surface area contributed by atoms with Gasteiger partial charge in [0.1, 0.15) is 0 Å². The number of thiazole rings is 1. The standard InChI is InChI=1S/C15H27N3S/c1-4-8-16-10-14-12(3)17-15(19-14)18-9-6-7-13(5-2)11-18/h13,16H,4-11H2,1-3H3. The Morgan fingerprint density at radius 1 is 1.42 bits per heavy atom. The van der Waals surface area contributed by atoms with Gasteiger partial charge in [-0.25, -0.2) is 4.98 Å². The van der Waals surface area contributed by atoms with Crippen LogP contribution in [-0.2, 0) is 6.54 Å². The molecule has 19 heavy (non-hydrogen) atoms. The summed E-state index contributed by atoms with van der Waals surface area (Å²) >= 11 is 1.88. The highest BCUT2D eigenvalue weighted by atomic mass is 32.1. The summed E-state index contributed by atoms with van der Waals surface area (Å²) in [5, 5.41) is 4.72. The summed E-state index contributed by atoms with van der Waals surface area (Å²) in [6.07, 6.45) is 5.20. The lowest BCUT2D eigenvalue weighted by molar-refractivity contribution is 0.404. The van der Waals surface area contributed by atoms with Gasteiger partial charge in [-0.15, -0.1) is 11.3 Å². The fourth-order valence-electron chi connectivity index (χ4n) is 2.66. The number of aryl methyl sites for hydroxylation is 1. The van der Waals surface area contributed by atoms with E-state index in [1.54, 1.807) is 0 Å². The minimum absolute atomic E-state index is 0.861. The van der Waals surface area contributed by atoms with E-state index in [0.717, 1.165) is 19.0 Å². The Hall–Kier alpha value is -0.610. The van der Waals surface area contributed by atoms with E-state index in [1.165, 1.54) is 54.5 Å². The molecule has 0 spiro atoms. The van der Waals surface area contributed by atoms with Crippen molar-refractivity contribution in [2.75, 3.05) is 24.5 Å². The monoisotopic (exact) mass is 281 g/mol. The zero-order valence-corrected chi connectivity index (χ0v) is 13.4. The minimum Gasteiger partial charge on any atom is -0.348 e. The molecule has 2 rings (SSSR count). The number of hydrogen-bond donors (Lipinski definition) is 1. The van der Waals surface area contributed by atoms with E-state index >= 15 is 0 Å². The van der Waals surface area contributed by atoms with Crippen LogP contribution < -0.4 is 10.2 Å². The normalized spacial score (nSPS) is 19.9. The van der Waals surface area contributed by atoms with E-state index in [4.69, 9.17) is 4.98 Å². The number of nitrogens with zero attached hydrogens (tertiary/aromatic N) is 2. The average Bonchev–Trinajstić information content (AvgIpc) is 2.81. The molecule has 4 heteroatoms. The predicted octanol–water partition coefficient (Wildman–Crippen LogP) is 3.58. The lowest BCUT2D eigenvalue weighted by Gasteiger charge is -2.31. The van der Waals surface area contributed by atoms with Gasteiger partial charge < -0.3 is 10.2 Å². The van der Waals surface area contributed by atoms with Crippen LogP contribution >= 0.6 is 11.3 Å². The lowest BCUT2D eigenvalue weighted by Crippen LogP contribution is -2.35. The van der Waals surface area contributed by atoms with Crippen molar-refractivity contribution < 1.29 is 0 Å². The molecule has 1 fully saturated rings. The molecule has 1 N–H and O–H groups in total. The highest BCUT2D eigenvalue weighted by molar-refractivity contribution is 7.15. The van der Waals surface area contributed by atoms with Crippen molar-refractivity contribution in [1.29, 1.82) is 0 Å². The molecule has 1 unspecified atom stereocenters. The summed E-state index contributed by atoms with van der Waals surface area (Å²) in [6, 6.07) is 0. The molecule has 1 saturated heterocycles. The summed E-state index contributed by atoms with van der Waals surface area (Å²) in [5.41, 5.74) is 1.21. The molecule has 0 amide bonds. The van der Waals surface area contributed by atoms with E-state index in [0.29, 0.717) is 0 Å². The number of hydrogen-bond acceptors (Lipinski definition) is 4. The third-order valence-corrected chi connectivity index (χ3v) is 5.18. The number of anilines is 1. The molecular weight excluding hydrogens is 254 g/mol. The van der Waals surface area contributed by atoms with Crippen LogP contribution in [0.5, 0.6) is 0 Å². The van der Waals surface area contributed by atoms with Gasteiger partial charge in [0.05, 0.1) is 5.69 Å². The van der Waals surface area contributed by atoms with Crippen LogP contribution in [0.4, 0.5) is 5.13 Å². The molecule has 2 heterocycles. The highest BCUT2D eigenvalue weighted by Crippen LogP contribution is 2.30. The van der Waals surface area contributed by atoms with Gasteiger partial charge >= 0.3 is 0 Å². The molecule has 1 aromatic heterocycles. The molecule has 0 aliphatic carbocycles. The average molecular weight is 281 g/mol. The third kappa shape index (κ3) is 3.93. The van der Waals surface area contributed by atoms with Gasteiger partial charge in [-0.2, -0.15) is 0 Å². The zero-order chi connectivity index (χ0) is 13.7. The van der Waals surface area contributed by atoms with E-state index in [-0.39, 0.29) is 0 Å². The Balaban J connectivity index is 1.98. The van der Waals surface area contributed by atoms with Crippen LogP contribution in [0.2, 0.25) is 0 Å². The molecule has 1 aliphatic rings. The van der Waals surface area contributed by atoms with Crippen LogP contribution in [0.1, 0.15) is 50.1 Å². The second-order valence-electron chi connectivity index (χ2n) is 5.54. The van der Waals surface area contributed by atoms with E-state index in [9.17, 15) is 0 Å². The van der Waals surface area contributed by atoms with Crippen LogP contribution in [0.3, 0.4) is 0 Å². The molecule has 1 atom stereocenters. The van der Waals surface area contributed by atoms with E-state index in [1.807, 2.05) is 11.3 Å². The maximum Gasteiger partial charge on any atom is 0.185 e. The van der Waals surface area contributed by atoms with Gasteiger partial charge in [-0.1, -0.05) is 20.3 Å². The Kier molecular flexibility index (Phi) is 5.64. The SMILES string of the molecule is CCCNCc1sc(N2CCCC(CC)C2)nc1C. The first-order valence-electron chi connectivity index (χ1n) is 7.66. The van der Waals surface area contributed by atoms with Crippen molar-refractivity contribution in [2.45, 2.75) is 53.0 Å². The van der Waals surface area contributed by atoms with Crippen LogP contribution in [0.15, 0.2) is 0 Å². The fraction of sp³-hybridized carbons (Fsp3) is 0.800. The number of nitrogens with one attached hydrogen (secondary N) is 1. The first-order chi connectivity index (χ1) is 9.24. The molecule has 1 aliphatic heterocycles. The number of aromatic nitrogens is 1. The molecule has 0 radical (unpaired) electrons. The molecule has 3 nitrogen and oxygen atoms in total. The Morgan fingerprint density at radius 2 is 2.26 bits per heavy atom. The second-order valence-corrected chi connectivity index (χ2v) is 6.61. The summed E-state index contributed by atoms with van der Waals surface area (Å²) in [5.74, 6) is 0.861. The molecule has 1 aromatic rings. The zero-order valence-electron chi connectivity index (χ0n) is 12.5. The summed E-state index contributed by atoms with van der Waals surface area (Å²) in [4.78, 5) is 8.69. The van der Waals surface area contributed by atoms with Crippen molar-refractivity contribution in [1.82, 2.24) is 10.3 Å². The van der Waals surface area contributed by atoms with Crippen LogP contribution in [0.25, 0.3) is 0 Å². The summed E-state index contributed by atoms with van der Waals surface area (Å²) in [6.45, 7) is 11.1. The molecule has 0 aromatic carbocycles. The van der Waals surface area contributed by atoms with Gasteiger partial charge in [0.25, 0.3) is 0 Å². The molecule has 108 valence electrons. The van der Waals surface area contributed by atoms with Gasteiger partial charge in [-0.05, 0) is 38.6 Å². The number of rotatable bonds is 6. The first-order valence-corrected chi connectivity index (χ1v) is 8.48. The van der Waals surface area contributed by atoms with Gasteiger partial charge in [0, 0.05) is 24.5 Å². The van der Waals surface area contributed by atoms with Crippen molar-refractivity contribution >= 4 is 16.5 Å². The van der Waals surface area contributed by atoms with Gasteiger partial charge in [-0.3, -0.25) is 0 Å². The predicted molar refractivity (Wildman–Crippen MR) is 84.1 cm³/mol. The lowest BCUT2D eigenvalue weighted by atomic mass is 9.96. The number of piperidine rings is 1. The van der Waals surface area contributed by atoms with Crippen molar-refractivity contribution in [3.05, 3.63) is 10.6 Å². The Bertz CT molecular complexity index is 389. The quantitative estimate of drug-likeness (QED) is 0.808.